The normalized spacial score (nSPS) is 20.5. The van der Waals surface area contributed by atoms with Gasteiger partial charge in [-0.2, -0.15) is 0 Å². The fraction of sp³-hybridized carbons (Fsp3) is 0.850. The summed E-state index contributed by atoms with van der Waals surface area (Å²) >= 11 is 11.4. The van der Waals surface area contributed by atoms with Crippen LogP contribution < -0.4 is 0 Å². The summed E-state index contributed by atoms with van der Waals surface area (Å²) in [6.07, 6.45) is 15.3. The number of thiocarbonyl (C=S) groups is 2. The van der Waals surface area contributed by atoms with Gasteiger partial charge in [0, 0.05) is 27.2 Å². The molecule has 0 N–H and O–H groups in total. The maximum Gasteiger partial charge on any atom is 0.188 e. The topological polar surface area (TPSA) is 13.0 Å². The molecule has 0 aliphatic carbocycles. The van der Waals surface area contributed by atoms with E-state index in [9.17, 15) is 0 Å². The van der Waals surface area contributed by atoms with E-state index >= 15 is 0 Å². The molecule has 0 aromatic heterocycles. The highest BCUT2D eigenvalue weighted by Crippen LogP contribution is 2.43. The smallest absolute Gasteiger partial charge is 0.188 e. The van der Waals surface area contributed by atoms with Crippen molar-refractivity contribution in [3.63, 3.8) is 0 Å². The minimum absolute atomic E-state index is 0.103. The molecule has 1 saturated heterocycles. The van der Waals surface area contributed by atoms with Gasteiger partial charge in [0.15, 0.2) is 15.3 Å². The van der Waals surface area contributed by atoms with E-state index in [2.05, 4.69) is 39.4 Å². The molecule has 3 aliphatic heterocycles. The lowest BCUT2D eigenvalue weighted by molar-refractivity contribution is 0.284. The van der Waals surface area contributed by atoms with Crippen LogP contribution in [-0.2, 0) is 0 Å². The van der Waals surface area contributed by atoms with Crippen LogP contribution in [0.3, 0.4) is 0 Å². The van der Waals surface area contributed by atoms with E-state index in [0.29, 0.717) is 5.92 Å². The number of hydrogen-bond acceptors (Lipinski definition) is 2. The quantitative estimate of drug-likeness (QED) is 0.330. The van der Waals surface area contributed by atoms with Gasteiger partial charge in [0.1, 0.15) is 0 Å². The van der Waals surface area contributed by atoms with Crippen LogP contribution in [0.5, 0.6) is 0 Å². The Morgan fingerprint density at radius 1 is 0.778 bits per heavy atom. The predicted molar refractivity (Wildman–Crippen MR) is 127 cm³/mol. The Labute approximate surface area is 179 Å². The minimum Gasteiger partial charge on any atom is -0.296 e. The molecule has 0 saturated carbocycles. The molecule has 4 nitrogen and oxygen atoms in total. The average molecular weight is 429 g/mol. The third-order valence-electron chi connectivity index (χ3n) is 5.99. The fourth-order valence-electron chi connectivity index (χ4n) is 4.41. The molecule has 0 amide bonds. The van der Waals surface area contributed by atoms with Crippen LogP contribution in [0.15, 0.2) is 0 Å². The van der Waals surface area contributed by atoms with E-state index in [1.165, 1.54) is 75.7 Å². The van der Waals surface area contributed by atoms with E-state index in [1.807, 2.05) is 0 Å². The van der Waals surface area contributed by atoms with Gasteiger partial charge in [0.2, 0.25) is 0 Å². The van der Waals surface area contributed by atoms with Gasteiger partial charge in [0.05, 0.1) is 10.9 Å². The summed E-state index contributed by atoms with van der Waals surface area (Å²) in [5, 5.41) is 3.27. The van der Waals surface area contributed by atoms with Crippen LogP contribution in [0, 0.1) is 5.92 Å². The first-order valence-electron chi connectivity index (χ1n) is 10.8. The third-order valence-corrected chi connectivity index (χ3v) is 9.36. The molecule has 0 aromatic rings. The molecule has 0 aromatic carbocycles. The van der Waals surface area contributed by atoms with E-state index in [1.54, 1.807) is 0 Å². The molecule has 0 radical (unpaired) electrons. The van der Waals surface area contributed by atoms with Crippen molar-refractivity contribution in [1.29, 1.82) is 0 Å². The van der Waals surface area contributed by atoms with Crippen LogP contribution in [-0.4, -0.2) is 60.9 Å². The highest BCUT2D eigenvalue weighted by atomic mass is 32.2. The van der Waals surface area contributed by atoms with Gasteiger partial charge in [0.25, 0.3) is 0 Å². The second-order valence-corrected chi connectivity index (χ2v) is 10.9. The van der Waals surface area contributed by atoms with Crippen molar-refractivity contribution in [2.24, 2.45) is 5.92 Å². The summed E-state index contributed by atoms with van der Waals surface area (Å²) in [5.41, 5.74) is 0. The molecule has 154 valence electrons. The third kappa shape index (κ3) is 4.61. The summed E-state index contributed by atoms with van der Waals surface area (Å²) in [6, 6.07) is 0. The van der Waals surface area contributed by atoms with E-state index in [4.69, 9.17) is 24.4 Å². The Hall–Kier alpha value is -0.400. The van der Waals surface area contributed by atoms with Gasteiger partial charge >= 0.3 is 0 Å². The highest BCUT2D eigenvalue weighted by molar-refractivity contribution is 8.14. The van der Waals surface area contributed by atoms with Crippen molar-refractivity contribution in [1.82, 2.24) is 18.4 Å². The summed E-state index contributed by atoms with van der Waals surface area (Å²) in [4.78, 5) is 4.72. The second kappa shape index (κ2) is 9.88. The molecule has 7 heteroatoms. The van der Waals surface area contributed by atoms with Gasteiger partial charge in [-0.15, -0.1) is 0 Å². The number of unbranched alkanes of at least 4 members (excludes halogenated alkanes) is 9. The van der Waals surface area contributed by atoms with Crippen molar-refractivity contribution >= 4 is 50.6 Å². The average Bonchev–Trinajstić information content (AvgIpc) is 3.07. The first-order chi connectivity index (χ1) is 13.1. The van der Waals surface area contributed by atoms with Crippen LogP contribution in [0.4, 0.5) is 0 Å². The van der Waals surface area contributed by atoms with Gasteiger partial charge in [-0.25, -0.2) is 0 Å². The maximum absolute atomic E-state index is 5.71. The lowest BCUT2D eigenvalue weighted by atomic mass is 9.97. The molecule has 3 aliphatic rings. The van der Waals surface area contributed by atoms with Gasteiger partial charge in [-0.05, 0) is 36.8 Å². The molecule has 3 heterocycles. The zero-order valence-electron chi connectivity index (χ0n) is 17.3. The molecule has 3 rings (SSSR count). The van der Waals surface area contributed by atoms with Crippen molar-refractivity contribution in [2.45, 2.75) is 77.6 Å². The summed E-state index contributed by atoms with van der Waals surface area (Å²) in [5.74, 6) is 0.669. The zero-order chi connectivity index (χ0) is 19.4. The Morgan fingerprint density at radius 2 is 1.22 bits per heavy atom. The van der Waals surface area contributed by atoms with Crippen molar-refractivity contribution in [3.05, 3.63) is 0 Å². The summed E-state index contributed by atoms with van der Waals surface area (Å²) in [7, 11) is 4.11. The Kier molecular flexibility index (Phi) is 7.80. The van der Waals surface area contributed by atoms with Gasteiger partial charge < -0.3 is 0 Å². The molecule has 1 fully saturated rings. The minimum atomic E-state index is -0.103. The van der Waals surface area contributed by atoms with Gasteiger partial charge in [-0.1, -0.05) is 71.1 Å². The second-order valence-electron chi connectivity index (χ2n) is 8.16. The predicted octanol–water partition coefficient (Wildman–Crippen LogP) is 5.18. The molecular formula is C20H36N4S3. The molecule has 0 bridgehead atoms. The van der Waals surface area contributed by atoms with Crippen LogP contribution >= 0.6 is 35.3 Å². The number of rotatable bonds is 11. The van der Waals surface area contributed by atoms with Crippen molar-refractivity contribution in [2.75, 3.05) is 27.2 Å². The standard InChI is InChI=1S/C20H36N4S3/c1-4-5-6-7-8-9-10-11-12-13-14-17-15-23-18(25)21(2)27-20(23)24(16-17)19(26)22(27)3/h17H,4-16H2,1-3H3. The molecule has 0 atom stereocenters. The van der Waals surface area contributed by atoms with Crippen LogP contribution in [0.25, 0.3) is 0 Å². The molecule has 27 heavy (non-hydrogen) atoms. The molecule has 0 spiro atoms. The Bertz CT molecular complexity index is 556. The molecular weight excluding hydrogens is 392 g/mol. The van der Waals surface area contributed by atoms with Crippen LogP contribution in [0.1, 0.15) is 77.6 Å². The number of hydrogen-bond donors (Lipinski definition) is 0. The Morgan fingerprint density at radius 3 is 1.70 bits per heavy atom. The SMILES string of the molecule is CCCCCCCCCCCCC1CN2C(=S)N(C)S3=C2N(C1)C(=S)N3C. The fourth-order valence-corrected chi connectivity index (χ4v) is 7.34. The van der Waals surface area contributed by atoms with Crippen LogP contribution in [0.2, 0.25) is 0 Å². The summed E-state index contributed by atoms with van der Waals surface area (Å²) < 4.78 is 4.44. The Balaban J connectivity index is 1.37. The maximum atomic E-state index is 5.71. The summed E-state index contributed by atoms with van der Waals surface area (Å²) in [6.45, 7) is 4.44. The lowest BCUT2D eigenvalue weighted by Gasteiger charge is -2.39. The highest BCUT2D eigenvalue weighted by Gasteiger charge is 2.48. The van der Waals surface area contributed by atoms with Gasteiger partial charge in [-0.3, -0.25) is 18.4 Å². The lowest BCUT2D eigenvalue weighted by Crippen LogP contribution is -2.55. The van der Waals surface area contributed by atoms with Crippen molar-refractivity contribution < 1.29 is 0 Å². The zero-order valence-corrected chi connectivity index (χ0v) is 19.7. The molecule has 0 unspecified atom stereocenters. The number of nitrogens with zero attached hydrogens (tertiary/aromatic N) is 4. The first kappa shape index (κ1) is 21.3. The largest absolute Gasteiger partial charge is 0.296 e. The van der Waals surface area contributed by atoms with E-state index in [0.717, 1.165) is 23.3 Å². The van der Waals surface area contributed by atoms with E-state index in [-0.39, 0.29) is 10.9 Å². The first-order valence-corrected chi connectivity index (χ1v) is 12.7. The van der Waals surface area contributed by atoms with Crippen molar-refractivity contribution in [3.8, 4) is 0 Å². The monoisotopic (exact) mass is 428 g/mol. The van der Waals surface area contributed by atoms with E-state index < -0.39 is 0 Å².